The first-order chi connectivity index (χ1) is 14.0. The van der Waals surface area contributed by atoms with Gasteiger partial charge in [-0.2, -0.15) is 15.5 Å². The van der Waals surface area contributed by atoms with Crippen LogP contribution in [0.4, 0.5) is 0 Å². The summed E-state index contributed by atoms with van der Waals surface area (Å²) in [6.07, 6.45) is -0.784. The molecule has 1 amide bonds. The van der Waals surface area contributed by atoms with E-state index in [1.54, 1.807) is 49.4 Å². The first kappa shape index (κ1) is 20.0. The molecule has 1 atom stereocenters. The summed E-state index contributed by atoms with van der Waals surface area (Å²) >= 11 is 5.92. The average Bonchev–Trinajstić information content (AvgIpc) is 3.10. The molecule has 0 saturated carbocycles. The molecule has 0 saturated heterocycles. The molecule has 146 valence electrons. The van der Waals surface area contributed by atoms with E-state index in [1.807, 2.05) is 12.1 Å². The number of oxazole rings is 1. The molecule has 3 rings (SSSR count). The van der Waals surface area contributed by atoms with Gasteiger partial charge in [-0.1, -0.05) is 11.6 Å². The van der Waals surface area contributed by atoms with Crippen molar-refractivity contribution in [1.29, 1.82) is 10.5 Å². The Bertz CT molecular complexity index is 1080. The number of fused-ring (bicyclic) bond motifs is 1. The lowest BCUT2D eigenvalue weighted by molar-refractivity contribution is -0.136. The molecule has 0 aliphatic carbocycles. The summed E-state index contributed by atoms with van der Waals surface area (Å²) < 4.78 is 16.7. The Morgan fingerprint density at radius 1 is 1.17 bits per heavy atom. The molecule has 9 heteroatoms. The quantitative estimate of drug-likeness (QED) is 0.542. The third-order valence-electron chi connectivity index (χ3n) is 3.86. The second-order valence-electron chi connectivity index (χ2n) is 5.94. The van der Waals surface area contributed by atoms with Gasteiger partial charge in [0.2, 0.25) is 0 Å². The molecule has 1 aromatic heterocycles. The topological polar surface area (TPSA) is 112 Å². The summed E-state index contributed by atoms with van der Waals surface area (Å²) in [6, 6.07) is 15.3. The van der Waals surface area contributed by atoms with Crippen molar-refractivity contribution in [3.8, 4) is 29.7 Å². The number of carbonyl (C=O) groups excluding carboxylic acids is 1. The molecule has 0 aliphatic rings. The summed E-state index contributed by atoms with van der Waals surface area (Å²) in [5, 5.41) is 18.1. The maximum atomic E-state index is 12.3. The maximum absolute atomic E-state index is 12.3. The lowest BCUT2D eigenvalue weighted by atomic mass is 10.3. The van der Waals surface area contributed by atoms with Crippen molar-refractivity contribution in [3.63, 3.8) is 0 Å². The minimum absolute atomic E-state index is 0.0723. The number of ether oxygens (including phenoxy) is 2. The third kappa shape index (κ3) is 4.95. The van der Waals surface area contributed by atoms with E-state index in [4.69, 9.17) is 36.0 Å². The smallest absolute Gasteiger partial charge is 0.400 e. The zero-order valence-corrected chi connectivity index (χ0v) is 16.1. The van der Waals surface area contributed by atoms with E-state index in [1.165, 1.54) is 0 Å². The zero-order valence-electron chi connectivity index (χ0n) is 15.3. The van der Waals surface area contributed by atoms with Crippen LogP contribution < -0.4 is 9.47 Å². The van der Waals surface area contributed by atoms with E-state index >= 15 is 0 Å². The Labute approximate surface area is 171 Å². The van der Waals surface area contributed by atoms with Gasteiger partial charge in [-0.15, -0.1) is 0 Å². The Hall–Kier alpha value is -3.75. The van der Waals surface area contributed by atoms with Crippen LogP contribution in [0.15, 0.2) is 46.9 Å². The number of nitrogens with zero attached hydrogens (tertiary/aromatic N) is 4. The second kappa shape index (κ2) is 8.96. The second-order valence-corrected chi connectivity index (χ2v) is 6.37. The summed E-state index contributed by atoms with van der Waals surface area (Å²) in [6.45, 7) is 1.20. The van der Waals surface area contributed by atoms with Crippen molar-refractivity contribution in [2.24, 2.45) is 0 Å². The number of hydrogen-bond donors (Lipinski definition) is 0. The maximum Gasteiger partial charge on any atom is 0.400 e. The van der Waals surface area contributed by atoms with Gasteiger partial charge in [0, 0.05) is 11.1 Å². The van der Waals surface area contributed by atoms with E-state index in [0.717, 1.165) is 4.90 Å². The molecule has 0 aliphatic heterocycles. The molecule has 0 unspecified atom stereocenters. The van der Waals surface area contributed by atoms with Gasteiger partial charge in [-0.25, -0.2) is 0 Å². The van der Waals surface area contributed by atoms with E-state index in [9.17, 15) is 4.79 Å². The average molecular weight is 411 g/mol. The fourth-order valence-corrected chi connectivity index (χ4v) is 2.66. The lowest BCUT2D eigenvalue weighted by Gasteiger charge is -2.21. The van der Waals surface area contributed by atoms with E-state index in [-0.39, 0.29) is 19.2 Å². The summed E-state index contributed by atoms with van der Waals surface area (Å²) in [5.74, 6) is 0.444. The fraction of sp³-hybridized carbons (Fsp3) is 0.200. The number of nitriles is 2. The van der Waals surface area contributed by atoms with Gasteiger partial charge in [0.15, 0.2) is 11.7 Å². The number of halogens is 1. The molecule has 0 bridgehead atoms. The number of amides is 1. The molecule has 0 N–H and O–H groups in total. The van der Waals surface area contributed by atoms with Crippen LogP contribution >= 0.6 is 11.6 Å². The Balaban J connectivity index is 1.64. The highest BCUT2D eigenvalue weighted by molar-refractivity contribution is 6.31. The Morgan fingerprint density at radius 2 is 1.83 bits per heavy atom. The summed E-state index contributed by atoms with van der Waals surface area (Å²) in [7, 11) is 0. The van der Waals surface area contributed by atoms with E-state index < -0.39 is 12.0 Å². The van der Waals surface area contributed by atoms with Crippen molar-refractivity contribution in [1.82, 2.24) is 9.88 Å². The van der Waals surface area contributed by atoms with Crippen LogP contribution in [-0.4, -0.2) is 35.0 Å². The monoisotopic (exact) mass is 410 g/mol. The largest absolute Gasteiger partial charge is 0.481 e. The predicted octanol–water partition coefficient (Wildman–Crippen LogP) is 3.92. The van der Waals surface area contributed by atoms with Crippen LogP contribution in [0.5, 0.6) is 17.6 Å². The highest BCUT2D eigenvalue weighted by Gasteiger charge is 2.21. The Morgan fingerprint density at radius 3 is 2.48 bits per heavy atom. The molecule has 0 fully saturated rings. The minimum atomic E-state index is -0.856. The number of aromatic nitrogens is 1. The van der Waals surface area contributed by atoms with Gasteiger partial charge >= 0.3 is 6.08 Å². The van der Waals surface area contributed by atoms with Gasteiger partial charge < -0.3 is 18.8 Å². The molecule has 1 heterocycles. The molecule has 3 aromatic rings. The summed E-state index contributed by atoms with van der Waals surface area (Å²) in [4.78, 5) is 17.6. The number of carbonyl (C=O) groups is 1. The van der Waals surface area contributed by atoms with Gasteiger partial charge in [-0.05, 0) is 43.3 Å². The molecule has 0 spiro atoms. The van der Waals surface area contributed by atoms with Crippen LogP contribution in [0.1, 0.15) is 6.92 Å². The van der Waals surface area contributed by atoms with Crippen molar-refractivity contribution < 1.29 is 18.7 Å². The number of hydrogen-bond acceptors (Lipinski definition) is 7. The fourth-order valence-electron chi connectivity index (χ4n) is 2.50. The molecule has 29 heavy (non-hydrogen) atoms. The minimum Gasteiger partial charge on any atom is -0.481 e. The first-order valence-corrected chi connectivity index (χ1v) is 8.91. The van der Waals surface area contributed by atoms with Crippen molar-refractivity contribution >= 4 is 28.6 Å². The highest BCUT2D eigenvalue weighted by Crippen LogP contribution is 2.28. The normalized spacial score (nSPS) is 11.3. The van der Waals surface area contributed by atoms with Gasteiger partial charge in [0.05, 0.1) is 12.1 Å². The van der Waals surface area contributed by atoms with Crippen LogP contribution in [-0.2, 0) is 4.79 Å². The van der Waals surface area contributed by atoms with Gasteiger partial charge in [0.1, 0.15) is 30.1 Å². The lowest BCUT2D eigenvalue weighted by Crippen LogP contribution is -2.40. The van der Waals surface area contributed by atoms with Crippen molar-refractivity contribution in [2.75, 3.05) is 13.1 Å². The van der Waals surface area contributed by atoms with Crippen LogP contribution in [0, 0.1) is 22.7 Å². The molecular weight excluding hydrogens is 396 g/mol. The standard InChI is InChI=1S/C20H15ClN4O4/c1-13(19(26)25(10-8-22)11-9-23)27-15-3-5-16(6-4-15)28-20-24-17-7-2-14(21)12-18(17)29-20/h2-7,12-13H,10-11H2,1H3/t13-/m1/s1. The van der Waals surface area contributed by atoms with E-state index in [2.05, 4.69) is 4.98 Å². The summed E-state index contributed by atoms with van der Waals surface area (Å²) in [5.41, 5.74) is 1.13. The highest BCUT2D eigenvalue weighted by atomic mass is 35.5. The zero-order chi connectivity index (χ0) is 20.8. The van der Waals surface area contributed by atoms with Crippen molar-refractivity contribution in [2.45, 2.75) is 13.0 Å². The molecule has 0 radical (unpaired) electrons. The van der Waals surface area contributed by atoms with Crippen LogP contribution in [0.3, 0.4) is 0 Å². The molecular formula is C20H15ClN4O4. The predicted molar refractivity (Wildman–Crippen MR) is 103 cm³/mol. The SMILES string of the molecule is C[C@@H](Oc1ccc(Oc2nc3ccc(Cl)cc3o2)cc1)C(=O)N(CC#N)CC#N. The number of rotatable bonds is 7. The third-order valence-corrected chi connectivity index (χ3v) is 4.09. The number of benzene rings is 2. The van der Waals surface area contributed by atoms with Gasteiger partial charge in [0.25, 0.3) is 5.91 Å². The first-order valence-electron chi connectivity index (χ1n) is 8.53. The van der Waals surface area contributed by atoms with Crippen molar-refractivity contribution in [3.05, 3.63) is 47.5 Å². The van der Waals surface area contributed by atoms with E-state index in [0.29, 0.717) is 27.6 Å². The molecule has 2 aromatic carbocycles. The van der Waals surface area contributed by atoms with Crippen LogP contribution in [0.25, 0.3) is 11.1 Å². The molecule has 8 nitrogen and oxygen atoms in total. The van der Waals surface area contributed by atoms with Crippen LogP contribution in [0.2, 0.25) is 5.02 Å². The Kier molecular flexibility index (Phi) is 6.18. The van der Waals surface area contributed by atoms with Gasteiger partial charge in [-0.3, -0.25) is 4.79 Å².